The topological polar surface area (TPSA) is 87.2 Å². The first-order valence-corrected chi connectivity index (χ1v) is 10.8. The Labute approximate surface area is 175 Å². The number of thiophene rings is 1. The maximum Gasteiger partial charge on any atom is 0.263 e. The summed E-state index contributed by atoms with van der Waals surface area (Å²) in [6, 6.07) is 7.41. The van der Waals surface area contributed by atoms with Crippen LogP contribution in [-0.2, 0) is 16.1 Å². The van der Waals surface area contributed by atoms with Crippen molar-refractivity contribution in [2.75, 3.05) is 13.7 Å². The zero-order valence-corrected chi connectivity index (χ0v) is 17.9. The first-order chi connectivity index (χ1) is 13.4. The molecule has 1 amide bonds. The Hall–Kier alpha value is -1.87. The van der Waals surface area contributed by atoms with E-state index >= 15 is 0 Å². The normalized spacial score (nSPS) is 12.4. The fourth-order valence-corrected chi connectivity index (χ4v) is 4.86. The maximum atomic E-state index is 13.4. The van der Waals surface area contributed by atoms with Crippen LogP contribution in [0.3, 0.4) is 0 Å². The van der Waals surface area contributed by atoms with Gasteiger partial charge in [-0.25, -0.2) is 4.98 Å². The quantitative estimate of drug-likeness (QED) is 0.329. The van der Waals surface area contributed by atoms with Gasteiger partial charge in [0.05, 0.1) is 10.6 Å². The summed E-state index contributed by atoms with van der Waals surface area (Å²) in [6.45, 7) is 2.65. The number of primary amides is 1. The lowest BCUT2D eigenvalue weighted by Crippen LogP contribution is -2.27. The number of hydrogen-bond donors (Lipinski definition) is 1. The van der Waals surface area contributed by atoms with E-state index in [2.05, 4.69) is 4.98 Å². The van der Waals surface area contributed by atoms with Crippen molar-refractivity contribution in [1.29, 1.82) is 0 Å². The molecule has 0 aliphatic carbocycles. The lowest BCUT2D eigenvalue weighted by atomic mass is 10.1. The minimum atomic E-state index is -0.499. The molecule has 0 aliphatic heterocycles. The standard InChI is InChI=1S/C19H20ClN3O3S2/c1-11(16(21)24)28-19-22-17-15(18(25)23(19)8-5-9-26-2)13(10-27-17)12-6-3-4-7-14(12)20/h3-4,6-7,10-11H,5,8-9H2,1-2H3,(H2,21,24). The number of ether oxygens (including phenoxy) is 1. The van der Waals surface area contributed by atoms with Gasteiger partial charge < -0.3 is 10.5 Å². The summed E-state index contributed by atoms with van der Waals surface area (Å²) >= 11 is 8.92. The van der Waals surface area contributed by atoms with Crippen molar-refractivity contribution in [1.82, 2.24) is 9.55 Å². The van der Waals surface area contributed by atoms with Crippen molar-refractivity contribution < 1.29 is 9.53 Å². The largest absolute Gasteiger partial charge is 0.385 e. The number of carbonyl (C=O) groups is 1. The summed E-state index contributed by atoms with van der Waals surface area (Å²) in [6.07, 6.45) is 0.646. The highest BCUT2D eigenvalue weighted by Crippen LogP contribution is 2.36. The molecule has 6 nitrogen and oxygen atoms in total. The number of nitrogens with two attached hydrogens (primary N) is 1. The molecule has 28 heavy (non-hydrogen) atoms. The number of hydrogen-bond acceptors (Lipinski definition) is 6. The summed E-state index contributed by atoms with van der Waals surface area (Å²) in [4.78, 5) is 30.2. The lowest BCUT2D eigenvalue weighted by Gasteiger charge is -2.14. The van der Waals surface area contributed by atoms with Gasteiger partial charge in [-0.15, -0.1) is 11.3 Å². The molecule has 1 aromatic carbocycles. The second-order valence-electron chi connectivity index (χ2n) is 6.17. The Balaban J connectivity index is 2.17. The van der Waals surface area contributed by atoms with Crippen LogP contribution in [0.5, 0.6) is 0 Å². The van der Waals surface area contributed by atoms with Gasteiger partial charge in [0.15, 0.2) is 5.16 Å². The molecule has 9 heteroatoms. The molecule has 2 N–H and O–H groups in total. The van der Waals surface area contributed by atoms with E-state index in [4.69, 9.17) is 22.1 Å². The van der Waals surface area contributed by atoms with Crippen molar-refractivity contribution in [3.8, 4) is 11.1 Å². The summed E-state index contributed by atoms with van der Waals surface area (Å²) in [7, 11) is 1.61. The summed E-state index contributed by atoms with van der Waals surface area (Å²) in [5.41, 5.74) is 6.80. The van der Waals surface area contributed by atoms with Gasteiger partial charge in [0.25, 0.3) is 5.56 Å². The number of methoxy groups -OCH3 is 1. The molecule has 0 fully saturated rings. The third-order valence-electron chi connectivity index (χ3n) is 4.24. The molecule has 0 radical (unpaired) electrons. The Morgan fingerprint density at radius 2 is 2.14 bits per heavy atom. The van der Waals surface area contributed by atoms with Crippen molar-refractivity contribution >= 4 is 50.8 Å². The Bertz CT molecular complexity index is 1060. The maximum absolute atomic E-state index is 13.4. The van der Waals surface area contributed by atoms with Gasteiger partial charge in [-0.05, 0) is 19.4 Å². The van der Waals surface area contributed by atoms with Crippen LogP contribution >= 0.6 is 34.7 Å². The number of carbonyl (C=O) groups excluding carboxylic acids is 1. The zero-order valence-electron chi connectivity index (χ0n) is 15.5. The van der Waals surface area contributed by atoms with Gasteiger partial charge in [0.1, 0.15) is 4.83 Å². The molecule has 1 unspecified atom stereocenters. The summed E-state index contributed by atoms with van der Waals surface area (Å²) in [5.74, 6) is -0.453. The van der Waals surface area contributed by atoms with E-state index in [1.165, 1.54) is 23.1 Å². The Kier molecular flexibility index (Phi) is 6.77. The van der Waals surface area contributed by atoms with Crippen molar-refractivity contribution in [2.45, 2.75) is 30.3 Å². The number of halogens is 1. The van der Waals surface area contributed by atoms with Crippen LogP contribution < -0.4 is 11.3 Å². The Morgan fingerprint density at radius 3 is 2.82 bits per heavy atom. The molecule has 3 aromatic rings. The van der Waals surface area contributed by atoms with Gasteiger partial charge in [-0.2, -0.15) is 0 Å². The van der Waals surface area contributed by atoms with E-state index in [1.54, 1.807) is 24.7 Å². The molecule has 148 valence electrons. The first kappa shape index (κ1) is 20.9. The summed E-state index contributed by atoms with van der Waals surface area (Å²) < 4.78 is 6.71. The zero-order chi connectivity index (χ0) is 20.3. The number of nitrogens with zero attached hydrogens (tertiary/aromatic N) is 2. The van der Waals surface area contributed by atoms with E-state index < -0.39 is 11.2 Å². The van der Waals surface area contributed by atoms with Crippen LogP contribution in [-0.4, -0.2) is 34.4 Å². The van der Waals surface area contributed by atoms with E-state index in [1.807, 2.05) is 23.6 Å². The molecular formula is C19H20ClN3O3S2. The predicted molar refractivity (Wildman–Crippen MR) is 115 cm³/mol. The molecule has 3 rings (SSSR count). The first-order valence-electron chi connectivity index (χ1n) is 8.66. The minimum absolute atomic E-state index is 0.156. The highest BCUT2D eigenvalue weighted by molar-refractivity contribution is 8.00. The number of amides is 1. The smallest absolute Gasteiger partial charge is 0.263 e. The molecule has 0 spiro atoms. The fraction of sp³-hybridized carbons (Fsp3) is 0.316. The van der Waals surface area contributed by atoms with Crippen LogP contribution in [0.4, 0.5) is 0 Å². The van der Waals surface area contributed by atoms with Crippen LogP contribution in [0.1, 0.15) is 13.3 Å². The number of thioether (sulfide) groups is 1. The van der Waals surface area contributed by atoms with Gasteiger partial charge in [0.2, 0.25) is 5.91 Å². The second kappa shape index (κ2) is 9.09. The third kappa shape index (κ3) is 4.25. The molecule has 2 heterocycles. The average molecular weight is 438 g/mol. The molecule has 0 saturated heterocycles. The van der Waals surface area contributed by atoms with Gasteiger partial charge in [0, 0.05) is 41.8 Å². The van der Waals surface area contributed by atoms with Gasteiger partial charge in [-0.3, -0.25) is 14.2 Å². The molecule has 2 aromatic heterocycles. The number of benzene rings is 1. The molecule has 0 bridgehead atoms. The van der Waals surface area contributed by atoms with Crippen LogP contribution in [0.15, 0.2) is 39.6 Å². The second-order valence-corrected chi connectivity index (χ2v) is 8.74. The van der Waals surface area contributed by atoms with Gasteiger partial charge >= 0.3 is 0 Å². The average Bonchev–Trinajstić information content (AvgIpc) is 3.08. The monoisotopic (exact) mass is 437 g/mol. The SMILES string of the molecule is COCCCn1c(SC(C)C(N)=O)nc2scc(-c3ccccc3Cl)c2c1=O. The van der Waals surface area contributed by atoms with E-state index in [-0.39, 0.29) is 5.56 Å². The Morgan fingerprint density at radius 1 is 1.39 bits per heavy atom. The van der Waals surface area contributed by atoms with Crippen molar-refractivity contribution in [3.05, 3.63) is 45.0 Å². The minimum Gasteiger partial charge on any atom is -0.385 e. The number of rotatable bonds is 8. The van der Waals surface area contributed by atoms with E-state index in [0.717, 1.165) is 11.1 Å². The van der Waals surface area contributed by atoms with E-state index in [0.29, 0.717) is 40.0 Å². The van der Waals surface area contributed by atoms with Crippen molar-refractivity contribution in [2.24, 2.45) is 5.73 Å². The van der Waals surface area contributed by atoms with Crippen LogP contribution in [0, 0.1) is 0 Å². The third-order valence-corrected chi connectivity index (χ3v) is 6.55. The molecule has 0 aliphatic rings. The molecular weight excluding hydrogens is 418 g/mol. The van der Waals surface area contributed by atoms with Crippen LogP contribution in [0.2, 0.25) is 5.02 Å². The summed E-state index contributed by atoms with van der Waals surface area (Å²) in [5, 5.41) is 2.99. The number of aromatic nitrogens is 2. The molecule has 1 atom stereocenters. The highest BCUT2D eigenvalue weighted by Gasteiger charge is 2.21. The molecule has 0 saturated carbocycles. The highest BCUT2D eigenvalue weighted by atomic mass is 35.5. The number of fused-ring (bicyclic) bond motifs is 1. The lowest BCUT2D eigenvalue weighted by molar-refractivity contribution is -0.117. The van der Waals surface area contributed by atoms with Gasteiger partial charge in [-0.1, -0.05) is 41.6 Å². The van der Waals surface area contributed by atoms with E-state index in [9.17, 15) is 9.59 Å². The predicted octanol–water partition coefficient (Wildman–Crippen LogP) is 3.78. The van der Waals surface area contributed by atoms with Crippen LogP contribution in [0.25, 0.3) is 21.3 Å². The van der Waals surface area contributed by atoms with Crippen molar-refractivity contribution in [3.63, 3.8) is 0 Å². The fourth-order valence-electron chi connectivity index (χ4n) is 2.75.